The van der Waals surface area contributed by atoms with Gasteiger partial charge < -0.3 is 14.6 Å². The number of ether oxygens (including phenoxy) is 2. The van der Waals surface area contributed by atoms with Crippen molar-refractivity contribution < 1.29 is 32.5 Å². The van der Waals surface area contributed by atoms with Gasteiger partial charge in [-0.3, -0.25) is 0 Å². The number of carboxylic acid groups (broad SMARTS) is 1. The fraction of sp³-hybridized carbons (Fsp3) is 0.308. The molecule has 1 heterocycles. The average Bonchev–Trinajstić information content (AvgIpc) is 2.39. The average molecular weight is 323 g/mol. The summed E-state index contributed by atoms with van der Waals surface area (Å²) in [6.45, 7) is 1.88. The Morgan fingerprint density at radius 3 is 2.67 bits per heavy atom. The van der Waals surface area contributed by atoms with Crippen LogP contribution in [0.2, 0.25) is 5.02 Å². The molecule has 1 unspecified atom stereocenters. The van der Waals surface area contributed by atoms with Gasteiger partial charge in [0.25, 0.3) is 0 Å². The summed E-state index contributed by atoms with van der Waals surface area (Å²) < 4.78 is 48.7. The summed E-state index contributed by atoms with van der Waals surface area (Å²) in [5.41, 5.74) is -0.833. The molecule has 21 heavy (non-hydrogen) atoms. The molecule has 1 atom stereocenters. The van der Waals surface area contributed by atoms with E-state index < -0.39 is 23.8 Å². The van der Waals surface area contributed by atoms with Crippen LogP contribution in [0.4, 0.5) is 13.2 Å². The molecule has 0 radical (unpaired) electrons. The number of carboxylic acids is 1. The summed E-state index contributed by atoms with van der Waals surface area (Å²) in [5.74, 6) is -1.75. The van der Waals surface area contributed by atoms with Crippen LogP contribution in [0.5, 0.6) is 11.5 Å². The van der Waals surface area contributed by atoms with Gasteiger partial charge in [-0.1, -0.05) is 11.6 Å². The minimum atomic E-state index is -4.84. The van der Waals surface area contributed by atoms with Gasteiger partial charge in [-0.05, 0) is 25.1 Å². The van der Waals surface area contributed by atoms with Gasteiger partial charge >= 0.3 is 12.1 Å². The molecule has 1 aliphatic rings. The van der Waals surface area contributed by atoms with Crippen molar-refractivity contribution in [2.75, 3.05) is 6.61 Å². The van der Waals surface area contributed by atoms with E-state index in [1.165, 1.54) is 12.1 Å². The molecule has 114 valence electrons. The minimum absolute atomic E-state index is 0.0854. The van der Waals surface area contributed by atoms with Crippen LogP contribution in [0.1, 0.15) is 12.5 Å². The standard InChI is InChI=1S/C13H10ClF3O4/c1-2-20-10-6-5-7(12(18)19)11(13(15,16)17)21-9(6)4-3-8(10)14/h3-5,11H,2H2,1H3,(H,18,19). The molecule has 0 fully saturated rings. The maximum atomic E-state index is 12.9. The summed E-state index contributed by atoms with van der Waals surface area (Å²) >= 11 is 5.91. The summed E-state index contributed by atoms with van der Waals surface area (Å²) in [5, 5.41) is 9.12. The highest BCUT2D eigenvalue weighted by Crippen LogP contribution is 2.43. The Labute approximate surface area is 122 Å². The summed E-state index contributed by atoms with van der Waals surface area (Å²) in [6, 6.07) is 2.58. The number of carbonyl (C=O) groups is 1. The molecule has 0 aliphatic carbocycles. The molecule has 0 saturated carbocycles. The first-order valence-electron chi connectivity index (χ1n) is 5.89. The lowest BCUT2D eigenvalue weighted by Gasteiger charge is -2.28. The van der Waals surface area contributed by atoms with E-state index in [0.717, 1.165) is 6.08 Å². The van der Waals surface area contributed by atoms with Gasteiger partial charge in [0.05, 0.1) is 22.8 Å². The molecule has 1 N–H and O–H groups in total. The smallest absolute Gasteiger partial charge is 0.430 e. The van der Waals surface area contributed by atoms with E-state index in [0.29, 0.717) is 0 Å². The molecule has 8 heteroatoms. The van der Waals surface area contributed by atoms with Gasteiger partial charge in [-0.15, -0.1) is 0 Å². The van der Waals surface area contributed by atoms with Crippen LogP contribution < -0.4 is 9.47 Å². The second-order valence-electron chi connectivity index (χ2n) is 4.17. The molecule has 0 aromatic heterocycles. The zero-order chi connectivity index (χ0) is 15.8. The molecule has 0 saturated heterocycles. The molecular formula is C13H10ClF3O4. The van der Waals surface area contributed by atoms with E-state index in [1.807, 2.05) is 0 Å². The van der Waals surface area contributed by atoms with Crippen molar-refractivity contribution in [1.29, 1.82) is 0 Å². The van der Waals surface area contributed by atoms with Crippen LogP contribution in [0, 0.1) is 0 Å². The third kappa shape index (κ3) is 2.92. The fourth-order valence-electron chi connectivity index (χ4n) is 1.92. The Kier molecular flexibility index (Phi) is 4.04. The Balaban J connectivity index is 2.61. The van der Waals surface area contributed by atoms with E-state index in [9.17, 15) is 18.0 Å². The van der Waals surface area contributed by atoms with Crippen LogP contribution in [0.15, 0.2) is 17.7 Å². The quantitative estimate of drug-likeness (QED) is 0.925. The highest BCUT2D eigenvalue weighted by molar-refractivity contribution is 6.32. The molecule has 2 rings (SSSR count). The van der Waals surface area contributed by atoms with Crippen molar-refractivity contribution in [3.63, 3.8) is 0 Å². The summed E-state index contributed by atoms with van der Waals surface area (Å²) in [7, 11) is 0. The molecule has 4 nitrogen and oxygen atoms in total. The van der Waals surface area contributed by atoms with Crippen LogP contribution in [0.3, 0.4) is 0 Å². The van der Waals surface area contributed by atoms with Crippen LogP contribution >= 0.6 is 11.6 Å². The zero-order valence-electron chi connectivity index (χ0n) is 10.7. The maximum absolute atomic E-state index is 12.9. The number of fused-ring (bicyclic) bond motifs is 1. The first-order chi connectivity index (χ1) is 9.75. The Morgan fingerprint density at radius 1 is 1.48 bits per heavy atom. The minimum Gasteiger partial charge on any atom is -0.492 e. The van der Waals surface area contributed by atoms with Crippen molar-refractivity contribution >= 4 is 23.6 Å². The third-order valence-corrected chi connectivity index (χ3v) is 3.07. The van der Waals surface area contributed by atoms with Gasteiger partial charge in [0.2, 0.25) is 6.10 Å². The van der Waals surface area contributed by atoms with Crippen LogP contribution in [0.25, 0.3) is 6.08 Å². The van der Waals surface area contributed by atoms with Crippen LogP contribution in [-0.2, 0) is 4.79 Å². The molecule has 0 bridgehead atoms. The number of halogens is 4. The van der Waals surface area contributed by atoms with E-state index in [-0.39, 0.29) is 28.7 Å². The van der Waals surface area contributed by atoms with Crippen molar-refractivity contribution in [3.8, 4) is 11.5 Å². The SMILES string of the molecule is CCOc1c(Cl)ccc2c1C=C(C(=O)O)C(C(F)(F)F)O2. The van der Waals surface area contributed by atoms with Crippen LogP contribution in [-0.4, -0.2) is 30.0 Å². The molecule has 1 aromatic carbocycles. The maximum Gasteiger partial charge on any atom is 0.430 e. The van der Waals surface area contributed by atoms with Gasteiger partial charge in [-0.25, -0.2) is 4.79 Å². The molecule has 1 aromatic rings. The summed E-state index contributed by atoms with van der Waals surface area (Å²) in [4.78, 5) is 11.1. The molecule has 1 aliphatic heterocycles. The predicted octanol–water partition coefficient (Wildman–Crippen LogP) is 3.53. The monoisotopic (exact) mass is 322 g/mol. The number of hydrogen-bond donors (Lipinski definition) is 1. The highest BCUT2D eigenvalue weighted by atomic mass is 35.5. The van der Waals surface area contributed by atoms with Gasteiger partial charge in [-0.2, -0.15) is 13.2 Å². The second kappa shape index (κ2) is 5.48. The van der Waals surface area contributed by atoms with Crippen molar-refractivity contribution in [2.24, 2.45) is 0 Å². The Hall–Kier alpha value is -1.89. The summed E-state index contributed by atoms with van der Waals surface area (Å²) in [6.07, 6.45) is -6.48. The van der Waals surface area contributed by atoms with Crippen molar-refractivity contribution in [3.05, 3.63) is 28.3 Å². The fourth-order valence-corrected chi connectivity index (χ4v) is 2.14. The topological polar surface area (TPSA) is 55.8 Å². The highest BCUT2D eigenvalue weighted by Gasteiger charge is 2.48. The van der Waals surface area contributed by atoms with E-state index in [4.69, 9.17) is 26.2 Å². The largest absolute Gasteiger partial charge is 0.492 e. The molecule has 0 amide bonds. The first kappa shape index (κ1) is 15.5. The lowest BCUT2D eigenvalue weighted by molar-refractivity contribution is -0.187. The number of hydrogen-bond acceptors (Lipinski definition) is 3. The van der Waals surface area contributed by atoms with E-state index in [2.05, 4.69) is 0 Å². The number of aliphatic carboxylic acids is 1. The van der Waals surface area contributed by atoms with Crippen molar-refractivity contribution in [2.45, 2.75) is 19.2 Å². The molecular weight excluding hydrogens is 313 g/mol. The van der Waals surface area contributed by atoms with E-state index >= 15 is 0 Å². The van der Waals surface area contributed by atoms with Gasteiger partial charge in [0.1, 0.15) is 11.5 Å². The second-order valence-corrected chi connectivity index (χ2v) is 4.57. The lowest BCUT2D eigenvalue weighted by Crippen LogP contribution is -2.40. The Bertz CT molecular complexity index is 610. The number of benzene rings is 1. The van der Waals surface area contributed by atoms with E-state index in [1.54, 1.807) is 6.92 Å². The van der Waals surface area contributed by atoms with Crippen molar-refractivity contribution in [1.82, 2.24) is 0 Å². The van der Waals surface area contributed by atoms with Gasteiger partial charge in [0.15, 0.2) is 0 Å². The Morgan fingerprint density at radius 2 is 2.14 bits per heavy atom. The number of alkyl halides is 3. The lowest BCUT2D eigenvalue weighted by atomic mass is 10.0. The normalized spacial score (nSPS) is 17.6. The predicted molar refractivity (Wildman–Crippen MR) is 68.7 cm³/mol. The third-order valence-electron chi connectivity index (χ3n) is 2.77. The number of rotatable bonds is 3. The first-order valence-corrected chi connectivity index (χ1v) is 6.27. The molecule has 0 spiro atoms. The zero-order valence-corrected chi connectivity index (χ0v) is 11.5. The van der Waals surface area contributed by atoms with Gasteiger partial charge in [0, 0.05) is 0 Å².